The molecule has 0 unspecified atom stereocenters. The van der Waals surface area contributed by atoms with E-state index in [1.54, 1.807) is 0 Å². The number of nitrogens with zero attached hydrogens (tertiary/aromatic N) is 1. The average Bonchev–Trinajstić information content (AvgIpc) is 2.40. The highest BCUT2D eigenvalue weighted by Crippen LogP contribution is 2.38. The van der Waals surface area contributed by atoms with E-state index >= 15 is 0 Å². The molecule has 0 saturated heterocycles. The van der Waals surface area contributed by atoms with Crippen molar-refractivity contribution < 1.29 is 22.3 Å². The van der Waals surface area contributed by atoms with Crippen LogP contribution >= 0.6 is 0 Å². The minimum atomic E-state index is -4.60. The molecule has 0 atom stereocenters. The molecule has 0 amide bonds. The van der Waals surface area contributed by atoms with Crippen molar-refractivity contribution in [3.8, 4) is 11.6 Å². The van der Waals surface area contributed by atoms with E-state index < -0.39 is 29.2 Å². The van der Waals surface area contributed by atoms with Crippen molar-refractivity contribution >= 4 is 0 Å². The zero-order chi connectivity index (χ0) is 14.8. The van der Waals surface area contributed by atoms with E-state index in [1.165, 1.54) is 24.4 Å². The van der Waals surface area contributed by atoms with Crippen LogP contribution in [0.4, 0.5) is 17.6 Å². The Bertz CT molecular complexity index is 614. The summed E-state index contributed by atoms with van der Waals surface area (Å²) in [5.41, 5.74) is 4.42. The number of hydrogen-bond acceptors (Lipinski definition) is 3. The van der Waals surface area contributed by atoms with Crippen molar-refractivity contribution in [3.63, 3.8) is 0 Å². The molecule has 1 heterocycles. The molecule has 7 heteroatoms. The summed E-state index contributed by atoms with van der Waals surface area (Å²) >= 11 is 0. The van der Waals surface area contributed by atoms with Crippen LogP contribution in [0.1, 0.15) is 11.1 Å². The number of hydrogen-bond donors (Lipinski definition) is 1. The zero-order valence-corrected chi connectivity index (χ0v) is 10.1. The van der Waals surface area contributed by atoms with E-state index in [1.807, 2.05) is 0 Å². The van der Waals surface area contributed by atoms with Crippen molar-refractivity contribution in [2.45, 2.75) is 12.7 Å². The highest BCUT2D eigenvalue weighted by atomic mass is 19.4. The van der Waals surface area contributed by atoms with Crippen molar-refractivity contribution in [2.24, 2.45) is 5.73 Å². The van der Waals surface area contributed by atoms with Crippen LogP contribution in [0.25, 0.3) is 0 Å². The van der Waals surface area contributed by atoms with Crippen LogP contribution in [0.3, 0.4) is 0 Å². The molecular formula is C13H10F4N2O. The van der Waals surface area contributed by atoms with E-state index in [0.717, 1.165) is 12.1 Å². The van der Waals surface area contributed by atoms with Gasteiger partial charge in [-0.15, -0.1) is 0 Å². The second kappa shape index (κ2) is 5.46. The van der Waals surface area contributed by atoms with Gasteiger partial charge in [-0.05, 0) is 18.2 Å². The number of para-hydroxylation sites is 1. The fourth-order valence-electron chi connectivity index (χ4n) is 1.58. The molecule has 0 saturated carbocycles. The Labute approximate surface area is 112 Å². The van der Waals surface area contributed by atoms with Gasteiger partial charge in [-0.1, -0.05) is 12.1 Å². The maximum atomic E-state index is 13.8. The van der Waals surface area contributed by atoms with Gasteiger partial charge in [0.05, 0.1) is 5.56 Å². The van der Waals surface area contributed by atoms with Gasteiger partial charge in [0.1, 0.15) is 5.75 Å². The van der Waals surface area contributed by atoms with Gasteiger partial charge >= 0.3 is 6.18 Å². The van der Waals surface area contributed by atoms with Crippen LogP contribution < -0.4 is 10.5 Å². The summed E-state index contributed by atoms with van der Waals surface area (Å²) in [6.45, 7) is -0.106. The monoisotopic (exact) mass is 286 g/mol. The summed E-state index contributed by atoms with van der Waals surface area (Å²) in [7, 11) is 0. The molecule has 3 nitrogen and oxygen atoms in total. The molecule has 0 aliphatic carbocycles. The highest BCUT2D eigenvalue weighted by molar-refractivity contribution is 5.38. The molecular weight excluding hydrogens is 276 g/mol. The molecule has 0 aliphatic rings. The molecule has 2 aromatic rings. The maximum absolute atomic E-state index is 13.8. The fraction of sp³-hybridized carbons (Fsp3) is 0.154. The standard InChI is InChI=1S/C13H10F4N2O/c14-11-8(7-18)5-6-19-12(11)20-10-4-2-1-3-9(10)13(15,16)17/h1-6H,7,18H2. The quantitative estimate of drug-likeness (QED) is 0.879. The third-order valence-corrected chi connectivity index (χ3v) is 2.56. The number of rotatable bonds is 3. The lowest BCUT2D eigenvalue weighted by atomic mass is 10.2. The number of nitrogens with two attached hydrogens (primary N) is 1. The summed E-state index contributed by atoms with van der Waals surface area (Å²) in [6, 6.07) is 5.85. The summed E-state index contributed by atoms with van der Waals surface area (Å²) in [5.74, 6) is -1.92. The largest absolute Gasteiger partial charge is 0.436 e. The number of halogens is 4. The zero-order valence-electron chi connectivity index (χ0n) is 10.1. The van der Waals surface area contributed by atoms with E-state index in [9.17, 15) is 17.6 Å². The molecule has 0 spiro atoms. The maximum Gasteiger partial charge on any atom is 0.419 e. The first kappa shape index (κ1) is 14.3. The second-order valence-electron chi connectivity index (χ2n) is 3.89. The lowest BCUT2D eigenvalue weighted by Crippen LogP contribution is -2.08. The van der Waals surface area contributed by atoms with Crippen LogP contribution in [0.2, 0.25) is 0 Å². The first-order valence-electron chi connectivity index (χ1n) is 5.61. The van der Waals surface area contributed by atoms with Crippen LogP contribution in [0, 0.1) is 5.82 Å². The van der Waals surface area contributed by atoms with E-state index in [2.05, 4.69) is 4.98 Å². The highest BCUT2D eigenvalue weighted by Gasteiger charge is 2.34. The van der Waals surface area contributed by atoms with Gasteiger partial charge in [-0.3, -0.25) is 0 Å². The minimum absolute atomic E-state index is 0.106. The van der Waals surface area contributed by atoms with Crippen molar-refractivity contribution in [1.29, 1.82) is 0 Å². The number of ether oxygens (including phenoxy) is 1. The minimum Gasteiger partial charge on any atom is -0.436 e. The van der Waals surface area contributed by atoms with Gasteiger partial charge in [0.2, 0.25) is 0 Å². The van der Waals surface area contributed by atoms with E-state index in [4.69, 9.17) is 10.5 Å². The van der Waals surface area contributed by atoms with Gasteiger partial charge in [0.15, 0.2) is 5.82 Å². The van der Waals surface area contributed by atoms with Gasteiger partial charge in [0.25, 0.3) is 5.88 Å². The lowest BCUT2D eigenvalue weighted by Gasteiger charge is -2.13. The molecule has 1 aromatic carbocycles. The average molecular weight is 286 g/mol. The van der Waals surface area contributed by atoms with E-state index in [0.29, 0.717) is 0 Å². The molecule has 0 aliphatic heterocycles. The molecule has 2 N–H and O–H groups in total. The van der Waals surface area contributed by atoms with E-state index in [-0.39, 0.29) is 12.1 Å². The molecule has 2 rings (SSSR count). The Kier molecular flexibility index (Phi) is 3.89. The first-order valence-corrected chi connectivity index (χ1v) is 5.61. The van der Waals surface area contributed by atoms with Gasteiger partial charge in [0, 0.05) is 18.3 Å². The SMILES string of the molecule is NCc1ccnc(Oc2ccccc2C(F)(F)F)c1F. The number of alkyl halides is 3. The summed E-state index contributed by atoms with van der Waals surface area (Å²) in [4.78, 5) is 3.59. The van der Waals surface area contributed by atoms with Gasteiger partial charge in [-0.2, -0.15) is 13.2 Å². The van der Waals surface area contributed by atoms with Crippen LogP contribution in [-0.2, 0) is 12.7 Å². The van der Waals surface area contributed by atoms with Crippen molar-refractivity contribution in [3.05, 3.63) is 53.5 Å². The topological polar surface area (TPSA) is 48.1 Å². The normalized spacial score (nSPS) is 11.4. The fourth-order valence-corrected chi connectivity index (χ4v) is 1.58. The molecule has 0 radical (unpaired) electrons. The van der Waals surface area contributed by atoms with Gasteiger partial charge in [-0.25, -0.2) is 9.37 Å². The third-order valence-electron chi connectivity index (χ3n) is 2.56. The number of pyridine rings is 1. The lowest BCUT2D eigenvalue weighted by molar-refractivity contribution is -0.138. The first-order chi connectivity index (χ1) is 9.43. The van der Waals surface area contributed by atoms with Crippen molar-refractivity contribution in [1.82, 2.24) is 4.98 Å². The Morgan fingerprint density at radius 1 is 1.15 bits per heavy atom. The molecule has 0 bridgehead atoms. The smallest absolute Gasteiger partial charge is 0.419 e. The number of benzene rings is 1. The predicted molar refractivity (Wildman–Crippen MR) is 63.6 cm³/mol. The summed E-state index contributed by atoms with van der Waals surface area (Å²) in [5, 5.41) is 0. The third kappa shape index (κ3) is 2.88. The van der Waals surface area contributed by atoms with Crippen LogP contribution in [-0.4, -0.2) is 4.98 Å². The molecule has 106 valence electrons. The van der Waals surface area contributed by atoms with Crippen molar-refractivity contribution in [2.75, 3.05) is 0 Å². The molecule has 20 heavy (non-hydrogen) atoms. The summed E-state index contributed by atoms with van der Waals surface area (Å²) < 4.78 is 57.1. The number of aromatic nitrogens is 1. The van der Waals surface area contributed by atoms with Gasteiger partial charge < -0.3 is 10.5 Å². The van der Waals surface area contributed by atoms with Crippen LogP contribution in [0.5, 0.6) is 11.6 Å². The Balaban J connectivity index is 2.41. The molecule has 0 fully saturated rings. The Morgan fingerprint density at radius 2 is 1.85 bits per heavy atom. The summed E-state index contributed by atoms with van der Waals surface area (Å²) in [6.07, 6.45) is -3.38. The molecule has 1 aromatic heterocycles. The Morgan fingerprint density at radius 3 is 2.50 bits per heavy atom. The van der Waals surface area contributed by atoms with Crippen LogP contribution in [0.15, 0.2) is 36.5 Å². The second-order valence-corrected chi connectivity index (χ2v) is 3.89. The Hall–Kier alpha value is -2.15. The predicted octanol–water partition coefficient (Wildman–Crippen LogP) is 3.49.